The highest BCUT2D eigenvalue weighted by molar-refractivity contribution is 6.34. The average Bonchev–Trinajstić information content (AvgIpc) is 2.21. The Hall–Kier alpha value is -1.26. The van der Waals surface area contributed by atoms with E-state index in [1.165, 1.54) is 0 Å². The molecule has 0 saturated heterocycles. The summed E-state index contributed by atoms with van der Waals surface area (Å²) in [6.45, 7) is 0.892. The van der Waals surface area contributed by atoms with Gasteiger partial charge in [-0.25, -0.2) is 0 Å². The molecule has 4 nitrogen and oxygen atoms in total. The summed E-state index contributed by atoms with van der Waals surface area (Å²) in [5, 5.41) is 3.23. The molecule has 0 heterocycles. The number of hydrogen-bond acceptors (Lipinski definition) is 3. The van der Waals surface area contributed by atoms with Crippen LogP contribution in [0.5, 0.6) is 0 Å². The van der Waals surface area contributed by atoms with Gasteiger partial charge in [0.25, 0.3) is 0 Å². The lowest BCUT2D eigenvalue weighted by Crippen LogP contribution is -2.17. The minimum Gasteiger partial charge on any atom is -0.399 e. The molecule has 0 radical (unpaired) electrons. The molecule has 0 aliphatic rings. The number of amides is 1. The molecule has 0 aliphatic carbocycles. The van der Waals surface area contributed by atoms with E-state index in [4.69, 9.17) is 17.3 Å². The van der Waals surface area contributed by atoms with Crippen LogP contribution in [0.25, 0.3) is 0 Å². The standard InChI is InChI=1S/C12H18ClN3O/c1-16(2)7-3-4-12(17)15-11-6-5-9(14)8-10(11)13/h5-6,8H,3-4,7,14H2,1-2H3,(H,15,17). The van der Waals surface area contributed by atoms with Crippen LogP contribution < -0.4 is 11.1 Å². The predicted octanol–water partition coefficient (Wildman–Crippen LogP) is 2.20. The normalized spacial score (nSPS) is 10.6. The van der Waals surface area contributed by atoms with Crippen LogP contribution in [0.4, 0.5) is 11.4 Å². The van der Waals surface area contributed by atoms with Crippen molar-refractivity contribution in [2.45, 2.75) is 12.8 Å². The molecule has 0 fully saturated rings. The highest BCUT2D eigenvalue weighted by atomic mass is 35.5. The molecular weight excluding hydrogens is 238 g/mol. The molecule has 1 aromatic carbocycles. The van der Waals surface area contributed by atoms with Crippen molar-refractivity contribution in [2.24, 2.45) is 0 Å². The zero-order chi connectivity index (χ0) is 12.8. The largest absolute Gasteiger partial charge is 0.399 e. The lowest BCUT2D eigenvalue weighted by atomic mass is 10.2. The second-order valence-corrected chi connectivity index (χ2v) is 4.60. The number of benzene rings is 1. The van der Waals surface area contributed by atoms with E-state index in [-0.39, 0.29) is 5.91 Å². The summed E-state index contributed by atoms with van der Waals surface area (Å²) < 4.78 is 0. The number of rotatable bonds is 5. The van der Waals surface area contributed by atoms with Crippen molar-refractivity contribution in [3.05, 3.63) is 23.2 Å². The monoisotopic (exact) mass is 255 g/mol. The van der Waals surface area contributed by atoms with Crippen LogP contribution in [0, 0.1) is 0 Å². The van der Waals surface area contributed by atoms with E-state index in [0.29, 0.717) is 22.8 Å². The maximum absolute atomic E-state index is 11.6. The van der Waals surface area contributed by atoms with E-state index < -0.39 is 0 Å². The van der Waals surface area contributed by atoms with Crippen LogP contribution in [0.1, 0.15) is 12.8 Å². The molecule has 1 aromatic rings. The Labute approximate surface area is 107 Å². The SMILES string of the molecule is CN(C)CCCC(=O)Nc1ccc(N)cc1Cl. The van der Waals surface area contributed by atoms with E-state index in [1.807, 2.05) is 19.0 Å². The Bertz CT molecular complexity index is 393. The first kappa shape index (κ1) is 13.8. The molecule has 1 rings (SSSR count). The first-order chi connectivity index (χ1) is 7.99. The zero-order valence-corrected chi connectivity index (χ0v) is 10.9. The smallest absolute Gasteiger partial charge is 0.224 e. The Morgan fingerprint density at radius 3 is 2.76 bits per heavy atom. The van der Waals surface area contributed by atoms with Crippen LogP contribution in [0.3, 0.4) is 0 Å². The van der Waals surface area contributed by atoms with E-state index in [9.17, 15) is 4.79 Å². The van der Waals surface area contributed by atoms with Crippen LogP contribution in [0.2, 0.25) is 5.02 Å². The number of carbonyl (C=O) groups excluding carboxylic acids is 1. The summed E-state index contributed by atoms with van der Waals surface area (Å²) in [5.41, 5.74) is 6.76. The van der Waals surface area contributed by atoms with E-state index in [2.05, 4.69) is 5.32 Å². The van der Waals surface area contributed by atoms with E-state index in [1.54, 1.807) is 18.2 Å². The fourth-order valence-electron chi connectivity index (χ4n) is 1.40. The second kappa shape index (κ2) is 6.47. The number of nitrogens with two attached hydrogens (primary N) is 1. The van der Waals surface area contributed by atoms with Gasteiger partial charge in [0.1, 0.15) is 0 Å². The third-order valence-corrected chi connectivity index (χ3v) is 2.59. The zero-order valence-electron chi connectivity index (χ0n) is 10.2. The molecule has 5 heteroatoms. The summed E-state index contributed by atoms with van der Waals surface area (Å²) in [6, 6.07) is 5.04. The van der Waals surface area contributed by atoms with Crippen molar-refractivity contribution < 1.29 is 4.79 Å². The topological polar surface area (TPSA) is 58.4 Å². The van der Waals surface area contributed by atoms with Gasteiger partial charge in [0.2, 0.25) is 5.91 Å². The number of nitrogens with zero attached hydrogens (tertiary/aromatic N) is 1. The van der Waals surface area contributed by atoms with Gasteiger partial charge in [-0.15, -0.1) is 0 Å². The third kappa shape index (κ3) is 5.06. The number of nitrogen functional groups attached to an aromatic ring is 1. The van der Waals surface area contributed by atoms with Gasteiger partial charge in [-0.2, -0.15) is 0 Å². The summed E-state index contributed by atoms with van der Waals surface area (Å²) >= 11 is 5.96. The van der Waals surface area contributed by atoms with Crippen LogP contribution in [-0.2, 0) is 4.79 Å². The summed E-state index contributed by atoms with van der Waals surface area (Å²) in [6.07, 6.45) is 1.31. The molecule has 0 atom stereocenters. The number of nitrogens with one attached hydrogen (secondary N) is 1. The Kier molecular flexibility index (Phi) is 5.25. The Morgan fingerprint density at radius 2 is 2.18 bits per heavy atom. The first-order valence-electron chi connectivity index (χ1n) is 5.48. The van der Waals surface area contributed by atoms with Crippen LogP contribution in [0.15, 0.2) is 18.2 Å². The number of anilines is 2. The van der Waals surface area contributed by atoms with Crippen molar-refractivity contribution in [1.29, 1.82) is 0 Å². The van der Waals surface area contributed by atoms with E-state index >= 15 is 0 Å². The maximum atomic E-state index is 11.6. The van der Waals surface area contributed by atoms with Gasteiger partial charge in [-0.1, -0.05) is 11.6 Å². The molecule has 0 unspecified atom stereocenters. The Balaban J connectivity index is 2.45. The molecule has 0 saturated carbocycles. The molecule has 0 aliphatic heterocycles. The van der Waals surface area contributed by atoms with Gasteiger partial charge in [0, 0.05) is 12.1 Å². The van der Waals surface area contributed by atoms with Crippen molar-refractivity contribution in [1.82, 2.24) is 4.90 Å². The molecule has 3 N–H and O–H groups in total. The van der Waals surface area contributed by atoms with Gasteiger partial charge in [0.05, 0.1) is 10.7 Å². The highest BCUT2D eigenvalue weighted by Gasteiger charge is 2.06. The number of carbonyl (C=O) groups is 1. The van der Waals surface area contributed by atoms with Crippen molar-refractivity contribution >= 4 is 28.9 Å². The van der Waals surface area contributed by atoms with Crippen molar-refractivity contribution in [3.8, 4) is 0 Å². The summed E-state index contributed by atoms with van der Waals surface area (Å²) in [4.78, 5) is 13.7. The molecule has 0 aromatic heterocycles. The first-order valence-corrected chi connectivity index (χ1v) is 5.86. The van der Waals surface area contributed by atoms with Gasteiger partial charge in [-0.3, -0.25) is 4.79 Å². The summed E-state index contributed by atoms with van der Waals surface area (Å²) in [5.74, 6) is -0.0291. The van der Waals surface area contributed by atoms with Crippen LogP contribution >= 0.6 is 11.6 Å². The minimum absolute atomic E-state index is 0.0291. The van der Waals surface area contributed by atoms with Gasteiger partial charge >= 0.3 is 0 Å². The van der Waals surface area contributed by atoms with Gasteiger partial charge in [-0.05, 0) is 45.3 Å². The summed E-state index contributed by atoms with van der Waals surface area (Å²) in [7, 11) is 3.96. The average molecular weight is 256 g/mol. The van der Waals surface area contributed by atoms with Crippen LogP contribution in [-0.4, -0.2) is 31.4 Å². The third-order valence-electron chi connectivity index (χ3n) is 2.28. The molecule has 1 amide bonds. The highest BCUT2D eigenvalue weighted by Crippen LogP contribution is 2.24. The quantitative estimate of drug-likeness (QED) is 0.793. The van der Waals surface area contributed by atoms with Crippen molar-refractivity contribution in [2.75, 3.05) is 31.7 Å². The van der Waals surface area contributed by atoms with Gasteiger partial charge in [0.15, 0.2) is 0 Å². The molecule has 0 bridgehead atoms. The van der Waals surface area contributed by atoms with Crippen molar-refractivity contribution in [3.63, 3.8) is 0 Å². The second-order valence-electron chi connectivity index (χ2n) is 4.19. The fourth-order valence-corrected chi connectivity index (χ4v) is 1.64. The minimum atomic E-state index is -0.0291. The number of halogens is 1. The molecule has 17 heavy (non-hydrogen) atoms. The molecular formula is C12H18ClN3O. The molecule has 0 spiro atoms. The van der Waals surface area contributed by atoms with Gasteiger partial charge < -0.3 is 16.0 Å². The molecule has 94 valence electrons. The predicted molar refractivity (Wildman–Crippen MR) is 72.3 cm³/mol. The number of hydrogen-bond donors (Lipinski definition) is 2. The lowest BCUT2D eigenvalue weighted by molar-refractivity contribution is -0.116. The maximum Gasteiger partial charge on any atom is 0.224 e. The fraction of sp³-hybridized carbons (Fsp3) is 0.417. The lowest BCUT2D eigenvalue weighted by Gasteiger charge is -2.10. The van der Waals surface area contributed by atoms with E-state index in [0.717, 1.165) is 13.0 Å². The Morgan fingerprint density at radius 1 is 1.47 bits per heavy atom.